The molecule has 38 heteroatoms. The minimum Gasteiger partial charge on any atom is -0.344 e. The van der Waals surface area contributed by atoms with Gasteiger partial charge in [0.1, 0.15) is 64.7 Å². The van der Waals surface area contributed by atoms with Crippen LogP contribution in [0.25, 0.3) is 43.4 Å². The van der Waals surface area contributed by atoms with Gasteiger partial charge in [0.2, 0.25) is 82.7 Å². The number of anilines is 6. The van der Waals surface area contributed by atoms with E-state index in [2.05, 4.69) is 81.5 Å². The topological polar surface area (TPSA) is 450 Å². The van der Waals surface area contributed by atoms with Crippen LogP contribution >= 0.6 is 45.9 Å². The van der Waals surface area contributed by atoms with E-state index in [0.717, 1.165) is 198 Å². The molecule has 796 valence electrons. The predicted molar refractivity (Wildman–Crippen MR) is 580 cm³/mol. The van der Waals surface area contributed by atoms with E-state index in [1.807, 2.05) is 177 Å². The summed E-state index contributed by atoms with van der Waals surface area (Å²) in [6.45, 7) is 20.2. The number of benzene rings is 4. The van der Waals surface area contributed by atoms with E-state index in [4.69, 9.17) is 0 Å². The molecule has 4 saturated heterocycles. The monoisotopic (exact) mass is 2100 g/mol. The first kappa shape index (κ1) is 113. The van der Waals surface area contributed by atoms with Crippen LogP contribution < -0.4 is 53.2 Å². The fourth-order valence-corrected chi connectivity index (χ4v) is 24.0. The molecule has 8 fully saturated rings. The highest BCUT2D eigenvalue weighted by Gasteiger charge is 2.48. The lowest BCUT2D eigenvalue weighted by Gasteiger charge is -2.35. The molecule has 4 aliphatic heterocycles. The Balaban J connectivity index is 0.000000165. The molecule has 34 nitrogen and oxygen atoms in total. The van der Waals surface area contributed by atoms with E-state index >= 15 is 0 Å². The maximum absolute atomic E-state index is 13.9. The lowest BCUT2D eigenvalue weighted by molar-refractivity contribution is -0.142. The Morgan fingerprint density at radius 2 is 0.615 bits per heavy atom. The van der Waals surface area contributed by atoms with Crippen LogP contribution in [0.4, 0.5) is 32.7 Å². The maximum atomic E-state index is 13.9. The van der Waals surface area contributed by atoms with Crippen LogP contribution in [0.3, 0.4) is 0 Å². The highest BCUT2D eigenvalue weighted by molar-refractivity contribution is 7.20. The molecular weight excluding hydrogens is 1950 g/mol. The maximum Gasteiger partial charge on any atom is 0.248 e. The second kappa shape index (κ2) is 55.9. The molecule has 148 heavy (non-hydrogen) atoms. The van der Waals surface area contributed by atoms with Crippen LogP contribution in [-0.2, 0) is 67.1 Å². The number of likely N-dealkylation sites (tertiary alicyclic amines) is 4. The van der Waals surface area contributed by atoms with Gasteiger partial charge in [-0.2, -0.15) is 8.75 Å². The summed E-state index contributed by atoms with van der Waals surface area (Å²) >= 11 is 4.74. The lowest BCUT2D eigenvalue weighted by atomic mass is 9.83. The third-order valence-electron chi connectivity index (χ3n) is 30.3. The predicted octanol–water partition coefficient (Wildman–Crippen LogP) is 18.1. The second-order valence-electron chi connectivity index (χ2n) is 40.6. The third-order valence-corrected chi connectivity index (χ3v) is 33.5. The molecule has 16 rings (SSSR count). The zero-order chi connectivity index (χ0) is 105. The van der Waals surface area contributed by atoms with E-state index in [1.165, 1.54) is 48.1 Å². The SMILES string of the molecule is CC[C@@H](C)C(=O)N[C@H](C(=O)N1CCC[C@H]1C(=O)Nc1nc(NC(C)=O)sc1-c1ccccc1)C1CCCCC1.CC[C@@H](C)C(=O)N[C@H](C(=O)N1CCC[C@H]1C(=O)Nc1nnsc1-c1ccccc1)C1CCCCC1.CC[C@@H](C)C(=O)N[C@H](C(=O)N1CCC[C@H]1C(=O)Nc1nsnc1-c1ccccc1)C1CCCCC1.CC[C@@H](C)C(=O)N[C@H](C(=O)N1CCC[C@H]1C(=O)Nc1sc(NC(C)=O)nc1-c1ccccc1)C1CCCCC1. The molecule has 0 spiro atoms. The fraction of sp³-hybridized carbons (Fsp3) is 0.564. The number of amides is 14. The minimum absolute atomic E-state index is 0.0759. The number of hydrogen-bond acceptors (Lipinski definition) is 24. The Kier molecular flexibility index (Phi) is 42.7. The van der Waals surface area contributed by atoms with Crippen molar-refractivity contribution in [1.29, 1.82) is 0 Å². The molecule has 4 aromatic heterocycles. The van der Waals surface area contributed by atoms with E-state index in [1.54, 1.807) is 19.6 Å². The van der Waals surface area contributed by atoms with Crippen LogP contribution in [-0.4, -0.2) is 205 Å². The van der Waals surface area contributed by atoms with E-state index in [-0.39, 0.29) is 130 Å². The summed E-state index contributed by atoms with van der Waals surface area (Å²) in [5, 5.41) is 34.9. The number of carbonyl (C=O) groups excluding carboxylic acids is 14. The average molecular weight is 2100 g/mol. The van der Waals surface area contributed by atoms with Gasteiger partial charge >= 0.3 is 0 Å². The van der Waals surface area contributed by atoms with Crippen LogP contribution in [0.5, 0.6) is 0 Å². The summed E-state index contributed by atoms with van der Waals surface area (Å²) in [6.07, 6.45) is 28.4. The molecule has 14 amide bonds. The van der Waals surface area contributed by atoms with Crippen LogP contribution in [0, 0.1) is 47.3 Å². The first-order valence-corrected chi connectivity index (χ1v) is 56.8. The molecule has 0 bridgehead atoms. The van der Waals surface area contributed by atoms with Crippen LogP contribution in [0.2, 0.25) is 0 Å². The highest BCUT2D eigenvalue weighted by atomic mass is 32.1. The standard InChI is InChI=1S/2C29H39N5O4S.2C26H35N5O3S/c1-4-18(2)26(36)31-23(20-12-7-5-8-13-20)28(38)34-17-11-16-22(34)27(37)32-25-24(21-14-9-6-10-15-21)39-29(33-25)30-19(3)35;1-4-18(2)25(36)31-24(21-14-9-6-10-15-21)28(38)34-17-11-16-22(34)26(37)33-27-23(20-12-7-5-8-13-20)32-29(39-27)30-19(3)35;1-3-17(2)24(32)27-21(18-11-6-4-7-12-18)26(34)31-16-10-15-20(31)25(33)28-23-22(35-30-29-23)19-13-8-5-9-14-19;1-3-17(2)24(32)27-22(19-13-8-5-9-14-19)26(34)31-16-10-15-20(31)25(33)28-23-21(29-35-30-23)18-11-6-4-7-12-18/h6,9-10,14-15,18,20,22-23H,4-5,7-8,11-13,16-17H2,1-3H3,(H,31,36)(H,32,37)(H,30,33,35);5,7-8,12-13,18,21-22,24H,4,6,9-11,14-17H2,1-3H3,(H,31,36)(H,33,37)(H,30,32,35);5,8-9,13-14,17-18,20-21H,3-4,6-7,10-12,15-16H2,1-2H3,(H,27,32)(H,28,33);4,6-7,11-12,17,19-20,22H,3,5,8-10,13-16H2,1-2H3,(H,27,32)(H,28,30,33)/t18-,22+,23+;18-,22+,24+;17-,20+,21+;17-,20+,22+/m1111/s1. The Morgan fingerprint density at radius 1 is 0.318 bits per heavy atom. The molecule has 4 aliphatic carbocycles. The Labute approximate surface area is 885 Å². The molecule has 0 radical (unpaired) electrons. The van der Waals surface area contributed by atoms with Crippen molar-refractivity contribution in [2.75, 3.05) is 58.1 Å². The van der Waals surface area contributed by atoms with Gasteiger partial charge in [-0.1, -0.05) is 281 Å². The number of carbonyl (C=O) groups is 14. The largest absolute Gasteiger partial charge is 0.344 e. The van der Waals surface area contributed by atoms with Gasteiger partial charge in [0.15, 0.2) is 27.7 Å². The third kappa shape index (κ3) is 30.2. The number of nitrogens with one attached hydrogen (secondary N) is 10. The molecule has 4 aromatic carbocycles. The summed E-state index contributed by atoms with van der Waals surface area (Å²) in [5.41, 5.74) is 4.68. The summed E-state index contributed by atoms with van der Waals surface area (Å²) in [6, 6.07) is 33.4. The van der Waals surface area contributed by atoms with Crippen LogP contribution in [0.15, 0.2) is 121 Å². The van der Waals surface area contributed by atoms with Crippen molar-refractivity contribution in [1.82, 2.24) is 69.2 Å². The summed E-state index contributed by atoms with van der Waals surface area (Å²) < 4.78 is 12.7. The van der Waals surface area contributed by atoms with Gasteiger partial charge in [-0.15, -0.1) is 5.10 Å². The Hall–Kier alpha value is -12.2. The summed E-state index contributed by atoms with van der Waals surface area (Å²) in [5.74, 6) is -1.69. The molecule has 8 aromatic rings. The van der Waals surface area contributed by atoms with E-state index in [0.29, 0.717) is 122 Å². The molecule has 12 atom stereocenters. The number of nitrogens with zero attached hydrogens (tertiary/aromatic N) is 10. The minimum atomic E-state index is -0.654. The smallest absolute Gasteiger partial charge is 0.248 e. The molecule has 8 aliphatic rings. The Bertz CT molecular complexity index is 5440. The molecule has 8 heterocycles. The lowest BCUT2D eigenvalue weighted by Crippen LogP contribution is -2.56. The number of rotatable bonds is 34. The highest BCUT2D eigenvalue weighted by Crippen LogP contribution is 2.43. The average Bonchev–Trinajstić information content (AvgIpc) is 1.64. The summed E-state index contributed by atoms with van der Waals surface area (Å²) in [4.78, 5) is 201. The van der Waals surface area contributed by atoms with Crippen molar-refractivity contribution in [2.45, 2.75) is 323 Å². The molecular formula is C110H148N20O14S4. The van der Waals surface area contributed by atoms with E-state index < -0.39 is 48.3 Å². The number of hydrogen-bond donors (Lipinski definition) is 10. The van der Waals surface area contributed by atoms with Crippen molar-refractivity contribution in [3.05, 3.63) is 121 Å². The van der Waals surface area contributed by atoms with Gasteiger partial charge in [0, 0.05) is 74.8 Å². The van der Waals surface area contributed by atoms with Crippen molar-refractivity contribution in [2.24, 2.45) is 47.3 Å². The molecule has 4 saturated carbocycles. The van der Waals surface area contributed by atoms with Crippen molar-refractivity contribution in [3.63, 3.8) is 0 Å². The van der Waals surface area contributed by atoms with E-state index in [9.17, 15) is 67.1 Å². The van der Waals surface area contributed by atoms with Gasteiger partial charge in [-0.05, 0) is 175 Å². The van der Waals surface area contributed by atoms with Gasteiger partial charge in [0.05, 0.1) is 21.5 Å². The van der Waals surface area contributed by atoms with Gasteiger partial charge in [-0.3, -0.25) is 67.1 Å². The first-order chi connectivity index (χ1) is 71.5. The zero-order valence-corrected chi connectivity index (χ0v) is 90.3. The second-order valence-corrected chi connectivity index (χ2v) is 43.9. The molecule has 0 unspecified atom stereocenters. The quantitative estimate of drug-likeness (QED) is 0.0179. The zero-order valence-electron chi connectivity index (χ0n) is 87.1. The van der Waals surface area contributed by atoms with Gasteiger partial charge in [-0.25, -0.2) is 9.97 Å². The van der Waals surface area contributed by atoms with Crippen molar-refractivity contribution < 1.29 is 67.1 Å². The van der Waals surface area contributed by atoms with Crippen molar-refractivity contribution >= 4 is 161 Å². The normalized spacial score (nSPS) is 19.7. The Morgan fingerprint density at radius 3 is 0.946 bits per heavy atom. The van der Waals surface area contributed by atoms with Gasteiger partial charge < -0.3 is 72.8 Å². The first-order valence-electron chi connectivity index (χ1n) is 53.6. The number of aromatic nitrogens is 6. The molecule has 10 N–H and O–H groups in total. The number of thiazole rings is 2. The fourth-order valence-electron chi connectivity index (χ4n) is 20.9. The van der Waals surface area contributed by atoms with Crippen molar-refractivity contribution in [3.8, 4) is 43.4 Å². The summed E-state index contributed by atoms with van der Waals surface area (Å²) in [7, 11) is 0. The van der Waals surface area contributed by atoms with Crippen LogP contribution in [0.1, 0.15) is 275 Å². The van der Waals surface area contributed by atoms with Gasteiger partial charge in [0.25, 0.3) is 0 Å².